The number of carbonyl (C=O) groups is 1. The van der Waals surface area contributed by atoms with Gasteiger partial charge in [-0.2, -0.15) is 4.31 Å². The van der Waals surface area contributed by atoms with Gasteiger partial charge in [0, 0.05) is 16.6 Å². The van der Waals surface area contributed by atoms with E-state index in [1.807, 2.05) is 50.2 Å². The summed E-state index contributed by atoms with van der Waals surface area (Å²) < 4.78 is 27.9. The van der Waals surface area contributed by atoms with Gasteiger partial charge >= 0.3 is 0 Å². The van der Waals surface area contributed by atoms with Gasteiger partial charge in [-0.15, -0.1) is 0 Å². The molecule has 0 saturated heterocycles. The van der Waals surface area contributed by atoms with Gasteiger partial charge in [-0.1, -0.05) is 65.2 Å². The summed E-state index contributed by atoms with van der Waals surface area (Å²) in [5.41, 5.74) is 2.67. The number of carbonyl (C=O) groups excluding carboxylic acids is 1. The lowest BCUT2D eigenvalue weighted by Crippen LogP contribution is -2.41. The molecule has 0 aromatic heterocycles. The first-order chi connectivity index (χ1) is 15.1. The SMILES string of the molecule is Cc1cccc(CN(CC(=O)NC(C)c2ccc(Cl)cc2)S(=O)(=O)c2ccc(Cl)cc2)c1. The molecule has 0 aliphatic heterocycles. The zero-order chi connectivity index (χ0) is 23.3. The summed E-state index contributed by atoms with van der Waals surface area (Å²) in [6.07, 6.45) is 0. The lowest BCUT2D eigenvalue weighted by molar-refractivity contribution is -0.122. The van der Waals surface area contributed by atoms with E-state index in [1.54, 1.807) is 12.1 Å². The fourth-order valence-corrected chi connectivity index (χ4v) is 4.91. The van der Waals surface area contributed by atoms with E-state index < -0.39 is 15.9 Å². The number of amides is 1. The van der Waals surface area contributed by atoms with Crippen molar-refractivity contribution in [3.05, 3.63) is 99.5 Å². The predicted molar refractivity (Wildman–Crippen MR) is 128 cm³/mol. The van der Waals surface area contributed by atoms with Gasteiger partial charge in [0.1, 0.15) is 0 Å². The first kappa shape index (κ1) is 24.3. The first-order valence-electron chi connectivity index (χ1n) is 10.0. The van der Waals surface area contributed by atoms with Crippen LogP contribution >= 0.6 is 23.2 Å². The zero-order valence-electron chi connectivity index (χ0n) is 17.8. The van der Waals surface area contributed by atoms with Gasteiger partial charge in [0.15, 0.2) is 0 Å². The molecule has 32 heavy (non-hydrogen) atoms. The minimum absolute atomic E-state index is 0.0649. The highest BCUT2D eigenvalue weighted by molar-refractivity contribution is 7.89. The summed E-state index contributed by atoms with van der Waals surface area (Å²) in [7, 11) is -3.93. The second-order valence-corrected chi connectivity index (χ2v) is 10.4. The fraction of sp³-hybridized carbons (Fsp3) is 0.208. The molecule has 0 bridgehead atoms. The van der Waals surface area contributed by atoms with E-state index in [2.05, 4.69) is 5.32 Å². The molecule has 0 radical (unpaired) electrons. The van der Waals surface area contributed by atoms with Gasteiger partial charge in [0.05, 0.1) is 17.5 Å². The number of halogens is 2. The summed E-state index contributed by atoms with van der Waals surface area (Å²) in [5.74, 6) is -0.405. The molecule has 0 spiro atoms. The molecule has 8 heteroatoms. The van der Waals surface area contributed by atoms with Crippen molar-refractivity contribution in [1.29, 1.82) is 0 Å². The van der Waals surface area contributed by atoms with Crippen LogP contribution in [0.4, 0.5) is 0 Å². The summed E-state index contributed by atoms with van der Waals surface area (Å²) >= 11 is 11.8. The van der Waals surface area contributed by atoms with E-state index in [0.29, 0.717) is 10.0 Å². The van der Waals surface area contributed by atoms with E-state index in [1.165, 1.54) is 28.6 Å². The molecule has 0 fully saturated rings. The Morgan fingerprint density at radius 1 is 0.969 bits per heavy atom. The minimum atomic E-state index is -3.93. The number of benzene rings is 3. The summed E-state index contributed by atoms with van der Waals surface area (Å²) in [5, 5.41) is 3.90. The van der Waals surface area contributed by atoms with Gasteiger partial charge in [0.2, 0.25) is 15.9 Å². The second-order valence-electron chi connectivity index (χ2n) is 7.56. The topological polar surface area (TPSA) is 66.5 Å². The Labute approximate surface area is 199 Å². The lowest BCUT2D eigenvalue weighted by atomic mass is 10.1. The lowest BCUT2D eigenvalue weighted by Gasteiger charge is -2.23. The summed E-state index contributed by atoms with van der Waals surface area (Å²) in [6.45, 7) is 3.51. The van der Waals surface area contributed by atoms with Gasteiger partial charge in [-0.05, 0) is 61.4 Å². The Morgan fingerprint density at radius 2 is 1.56 bits per heavy atom. The van der Waals surface area contributed by atoms with Gasteiger partial charge < -0.3 is 5.32 Å². The Hall–Kier alpha value is -2.38. The summed E-state index contributed by atoms with van der Waals surface area (Å²) in [6, 6.07) is 20.3. The number of nitrogens with one attached hydrogen (secondary N) is 1. The van der Waals surface area contributed by atoms with Crippen molar-refractivity contribution in [2.45, 2.75) is 31.3 Å². The van der Waals surface area contributed by atoms with E-state index in [-0.39, 0.29) is 24.0 Å². The molecule has 168 valence electrons. The minimum Gasteiger partial charge on any atom is -0.348 e. The third-order valence-electron chi connectivity index (χ3n) is 4.96. The molecule has 3 aromatic carbocycles. The Kier molecular flexibility index (Phi) is 7.96. The molecule has 0 aliphatic rings. The van der Waals surface area contributed by atoms with Crippen LogP contribution in [0.2, 0.25) is 10.0 Å². The van der Waals surface area contributed by atoms with Crippen molar-refractivity contribution < 1.29 is 13.2 Å². The number of sulfonamides is 1. The molecule has 1 atom stereocenters. The van der Waals surface area contributed by atoms with Gasteiger partial charge in [0.25, 0.3) is 0 Å². The standard InChI is InChI=1S/C24H24Cl2N2O3S/c1-17-4-3-5-19(14-17)15-28(32(30,31)23-12-10-22(26)11-13-23)16-24(29)27-18(2)20-6-8-21(25)9-7-20/h3-14,18H,15-16H2,1-2H3,(H,27,29). The van der Waals surface area contributed by atoms with Crippen molar-refractivity contribution in [2.24, 2.45) is 0 Å². The van der Waals surface area contributed by atoms with E-state index >= 15 is 0 Å². The summed E-state index contributed by atoms with van der Waals surface area (Å²) in [4.78, 5) is 12.9. The fourth-order valence-electron chi connectivity index (χ4n) is 3.28. The monoisotopic (exact) mass is 490 g/mol. The van der Waals surface area contributed by atoms with Crippen molar-refractivity contribution in [3.63, 3.8) is 0 Å². The van der Waals surface area contributed by atoms with Crippen molar-refractivity contribution in [2.75, 3.05) is 6.54 Å². The number of aryl methyl sites for hydroxylation is 1. The molecule has 5 nitrogen and oxygen atoms in total. The molecule has 1 N–H and O–H groups in total. The average Bonchev–Trinajstić information content (AvgIpc) is 2.74. The number of hydrogen-bond acceptors (Lipinski definition) is 3. The second kappa shape index (κ2) is 10.5. The van der Waals surface area contributed by atoms with E-state index in [4.69, 9.17) is 23.2 Å². The van der Waals surface area contributed by atoms with Gasteiger partial charge in [-0.25, -0.2) is 8.42 Å². The molecular weight excluding hydrogens is 467 g/mol. The average molecular weight is 491 g/mol. The maximum absolute atomic E-state index is 13.3. The number of rotatable bonds is 8. The van der Waals surface area contributed by atoms with Crippen LogP contribution in [-0.2, 0) is 21.4 Å². The maximum Gasteiger partial charge on any atom is 0.243 e. The highest BCUT2D eigenvalue weighted by Gasteiger charge is 2.27. The van der Waals surface area contributed by atoms with E-state index in [9.17, 15) is 13.2 Å². The number of hydrogen-bond donors (Lipinski definition) is 1. The first-order valence-corrected chi connectivity index (χ1v) is 12.2. The van der Waals surface area contributed by atoms with Crippen LogP contribution in [0.1, 0.15) is 29.7 Å². The molecule has 1 unspecified atom stereocenters. The third-order valence-corrected chi connectivity index (χ3v) is 7.27. The van der Waals surface area contributed by atoms with Crippen LogP contribution < -0.4 is 5.32 Å². The molecule has 3 rings (SSSR count). The molecule has 1 amide bonds. The largest absolute Gasteiger partial charge is 0.348 e. The Morgan fingerprint density at radius 3 is 2.16 bits per heavy atom. The van der Waals surface area contributed by atoms with E-state index in [0.717, 1.165) is 16.7 Å². The molecular formula is C24H24Cl2N2O3S. The van der Waals surface area contributed by atoms with Gasteiger partial charge in [-0.3, -0.25) is 4.79 Å². The molecule has 0 heterocycles. The van der Waals surface area contributed by atoms with Crippen molar-refractivity contribution >= 4 is 39.1 Å². The maximum atomic E-state index is 13.3. The predicted octanol–water partition coefficient (Wildman–Crippen LogP) is 5.37. The molecule has 0 saturated carbocycles. The third kappa shape index (κ3) is 6.33. The normalized spacial score (nSPS) is 12.5. The van der Waals surface area contributed by atoms with Crippen LogP contribution in [0.15, 0.2) is 77.7 Å². The molecule has 3 aromatic rings. The van der Waals surface area contributed by atoms with Crippen LogP contribution in [0.3, 0.4) is 0 Å². The van der Waals surface area contributed by atoms with Crippen LogP contribution in [-0.4, -0.2) is 25.2 Å². The number of nitrogens with zero attached hydrogens (tertiary/aromatic N) is 1. The Bertz CT molecular complexity index is 1180. The quantitative estimate of drug-likeness (QED) is 0.461. The zero-order valence-corrected chi connectivity index (χ0v) is 20.1. The smallest absolute Gasteiger partial charge is 0.243 e. The highest BCUT2D eigenvalue weighted by Crippen LogP contribution is 2.21. The van der Waals surface area contributed by atoms with Crippen LogP contribution in [0.25, 0.3) is 0 Å². The Balaban J connectivity index is 1.83. The molecule has 0 aliphatic carbocycles. The van der Waals surface area contributed by atoms with Crippen molar-refractivity contribution in [3.8, 4) is 0 Å². The van der Waals surface area contributed by atoms with Crippen molar-refractivity contribution in [1.82, 2.24) is 9.62 Å². The highest BCUT2D eigenvalue weighted by atomic mass is 35.5. The van der Waals surface area contributed by atoms with Crippen LogP contribution in [0, 0.1) is 6.92 Å². The van der Waals surface area contributed by atoms with Crippen LogP contribution in [0.5, 0.6) is 0 Å².